The molecule has 0 spiro atoms. The molecule has 108 valence electrons. The summed E-state index contributed by atoms with van der Waals surface area (Å²) in [5.41, 5.74) is 6.37. The highest BCUT2D eigenvalue weighted by atomic mass is 16.5. The Balaban J connectivity index is 1.53. The van der Waals surface area contributed by atoms with E-state index in [1.165, 1.54) is 25.7 Å². The first-order valence-electron chi connectivity index (χ1n) is 7.50. The van der Waals surface area contributed by atoms with Crippen molar-refractivity contribution in [3.05, 3.63) is 29.8 Å². The fraction of sp³-hybridized carbons (Fsp3) is 0.562. The number of amides is 1. The second kappa shape index (κ2) is 5.83. The van der Waals surface area contributed by atoms with Crippen LogP contribution in [-0.2, 0) is 0 Å². The minimum atomic E-state index is -0.0407. The molecule has 1 aromatic rings. The largest absolute Gasteiger partial charge is 0.493 e. The van der Waals surface area contributed by atoms with Gasteiger partial charge in [-0.1, -0.05) is 0 Å². The van der Waals surface area contributed by atoms with Gasteiger partial charge in [0, 0.05) is 18.2 Å². The van der Waals surface area contributed by atoms with Gasteiger partial charge in [0.15, 0.2) is 0 Å². The molecule has 2 saturated carbocycles. The molecule has 0 radical (unpaired) electrons. The Morgan fingerprint density at radius 2 is 1.95 bits per heavy atom. The van der Waals surface area contributed by atoms with Crippen LogP contribution in [0.4, 0.5) is 0 Å². The van der Waals surface area contributed by atoms with Crippen LogP contribution in [0.15, 0.2) is 24.3 Å². The summed E-state index contributed by atoms with van der Waals surface area (Å²) in [5, 5.41) is 3.02. The Kier molecular flexibility index (Phi) is 3.92. The fourth-order valence-electron chi connectivity index (χ4n) is 2.32. The number of benzene rings is 1. The van der Waals surface area contributed by atoms with Gasteiger partial charge in [0.05, 0.1) is 6.61 Å². The second-order valence-electron chi connectivity index (χ2n) is 5.93. The molecular weight excluding hydrogens is 252 g/mol. The van der Waals surface area contributed by atoms with Crippen molar-refractivity contribution in [3.63, 3.8) is 0 Å². The number of hydrogen-bond donors (Lipinski definition) is 2. The standard InChI is InChI=1S/C16H22N2O2/c17-9-15(12-3-4-12)18-16(19)13-5-7-14(8-6-13)20-10-11-1-2-11/h5-8,11-12,15H,1-4,9-10,17H2,(H,18,19). The third kappa shape index (κ3) is 3.51. The van der Waals surface area contributed by atoms with Crippen molar-refractivity contribution < 1.29 is 9.53 Å². The monoisotopic (exact) mass is 274 g/mol. The van der Waals surface area contributed by atoms with Crippen molar-refractivity contribution in [1.82, 2.24) is 5.32 Å². The average molecular weight is 274 g/mol. The van der Waals surface area contributed by atoms with Crippen LogP contribution in [0.3, 0.4) is 0 Å². The minimum Gasteiger partial charge on any atom is -0.493 e. The second-order valence-corrected chi connectivity index (χ2v) is 5.93. The number of nitrogens with two attached hydrogens (primary N) is 1. The van der Waals surface area contributed by atoms with Crippen molar-refractivity contribution in [2.24, 2.45) is 17.6 Å². The molecule has 1 aromatic carbocycles. The Morgan fingerprint density at radius 1 is 1.25 bits per heavy atom. The van der Waals surface area contributed by atoms with Gasteiger partial charge in [-0.15, -0.1) is 0 Å². The van der Waals surface area contributed by atoms with Gasteiger partial charge in [-0.3, -0.25) is 4.79 Å². The molecule has 1 atom stereocenters. The van der Waals surface area contributed by atoms with Crippen LogP contribution >= 0.6 is 0 Å². The SMILES string of the molecule is NCC(NC(=O)c1ccc(OCC2CC2)cc1)C1CC1. The Hall–Kier alpha value is -1.55. The molecule has 2 aliphatic carbocycles. The lowest BCUT2D eigenvalue weighted by Gasteiger charge is -2.16. The summed E-state index contributed by atoms with van der Waals surface area (Å²) in [6.07, 6.45) is 4.91. The van der Waals surface area contributed by atoms with E-state index >= 15 is 0 Å². The summed E-state index contributed by atoms with van der Waals surface area (Å²) in [4.78, 5) is 12.1. The Morgan fingerprint density at radius 3 is 2.50 bits per heavy atom. The molecule has 4 nitrogen and oxygen atoms in total. The van der Waals surface area contributed by atoms with Gasteiger partial charge >= 0.3 is 0 Å². The summed E-state index contributed by atoms with van der Waals surface area (Å²) in [5.74, 6) is 2.11. The molecule has 2 aliphatic rings. The van der Waals surface area contributed by atoms with Crippen LogP contribution in [0.5, 0.6) is 5.75 Å². The maximum absolute atomic E-state index is 12.1. The molecule has 0 heterocycles. The Bertz CT molecular complexity index is 464. The van der Waals surface area contributed by atoms with Crippen LogP contribution in [0.25, 0.3) is 0 Å². The molecule has 4 heteroatoms. The van der Waals surface area contributed by atoms with E-state index in [0.717, 1.165) is 18.3 Å². The van der Waals surface area contributed by atoms with E-state index < -0.39 is 0 Å². The number of rotatable bonds is 7. The number of carbonyl (C=O) groups excluding carboxylic acids is 1. The molecule has 1 unspecified atom stereocenters. The van der Waals surface area contributed by atoms with Crippen LogP contribution in [0.1, 0.15) is 36.0 Å². The molecule has 0 saturated heterocycles. The Labute approximate surface area is 119 Å². The highest BCUT2D eigenvalue weighted by Crippen LogP contribution is 2.32. The van der Waals surface area contributed by atoms with Crippen molar-refractivity contribution >= 4 is 5.91 Å². The predicted molar refractivity (Wildman–Crippen MR) is 77.7 cm³/mol. The van der Waals surface area contributed by atoms with E-state index in [9.17, 15) is 4.79 Å². The highest BCUT2D eigenvalue weighted by Gasteiger charge is 2.31. The van der Waals surface area contributed by atoms with E-state index in [-0.39, 0.29) is 11.9 Å². The zero-order chi connectivity index (χ0) is 13.9. The van der Waals surface area contributed by atoms with Crippen LogP contribution in [0.2, 0.25) is 0 Å². The molecule has 3 rings (SSSR count). The topological polar surface area (TPSA) is 64.3 Å². The first-order chi connectivity index (χ1) is 9.76. The third-order valence-electron chi connectivity index (χ3n) is 4.06. The van der Waals surface area contributed by atoms with E-state index in [1.54, 1.807) is 0 Å². The summed E-state index contributed by atoms with van der Waals surface area (Å²) < 4.78 is 5.66. The fourth-order valence-corrected chi connectivity index (χ4v) is 2.32. The van der Waals surface area contributed by atoms with Crippen LogP contribution in [0, 0.1) is 11.8 Å². The lowest BCUT2D eigenvalue weighted by atomic mass is 10.1. The molecule has 2 fully saturated rings. The van der Waals surface area contributed by atoms with Gasteiger partial charge in [-0.2, -0.15) is 0 Å². The van der Waals surface area contributed by atoms with Crippen LogP contribution < -0.4 is 15.8 Å². The molecule has 0 bridgehead atoms. The van der Waals surface area contributed by atoms with Gasteiger partial charge in [0.2, 0.25) is 0 Å². The molecule has 0 aliphatic heterocycles. The number of hydrogen-bond acceptors (Lipinski definition) is 3. The van der Waals surface area contributed by atoms with Gasteiger partial charge in [0.1, 0.15) is 5.75 Å². The van der Waals surface area contributed by atoms with Crippen LogP contribution in [-0.4, -0.2) is 25.1 Å². The van der Waals surface area contributed by atoms with E-state index in [1.807, 2.05) is 24.3 Å². The van der Waals surface area contributed by atoms with E-state index in [0.29, 0.717) is 18.0 Å². The van der Waals surface area contributed by atoms with Gasteiger partial charge in [-0.25, -0.2) is 0 Å². The highest BCUT2D eigenvalue weighted by molar-refractivity contribution is 5.94. The van der Waals surface area contributed by atoms with E-state index in [4.69, 9.17) is 10.5 Å². The zero-order valence-corrected chi connectivity index (χ0v) is 11.7. The van der Waals surface area contributed by atoms with Crippen molar-refractivity contribution in [2.45, 2.75) is 31.7 Å². The third-order valence-corrected chi connectivity index (χ3v) is 4.06. The maximum Gasteiger partial charge on any atom is 0.251 e. The summed E-state index contributed by atoms with van der Waals surface area (Å²) in [6.45, 7) is 1.31. The lowest BCUT2D eigenvalue weighted by molar-refractivity contribution is 0.0933. The summed E-state index contributed by atoms with van der Waals surface area (Å²) >= 11 is 0. The smallest absolute Gasteiger partial charge is 0.251 e. The summed E-state index contributed by atoms with van der Waals surface area (Å²) in [7, 11) is 0. The van der Waals surface area contributed by atoms with Crippen molar-refractivity contribution in [1.29, 1.82) is 0 Å². The minimum absolute atomic E-state index is 0.0407. The van der Waals surface area contributed by atoms with Crippen molar-refractivity contribution in [2.75, 3.05) is 13.2 Å². The van der Waals surface area contributed by atoms with Gasteiger partial charge in [-0.05, 0) is 61.8 Å². The molecular formula is C16H22N2O2. The normalized spacial score (nSPS) is 19.4. The first kappa shape index (κ1) is 13.4. The number of ether oxygens (including phenoxy) is 1. The molecule has 0 aromatic heterocycles. The first-order valence-corrected chi connectivity index (χ1v) is 7.50. The van der Waals surface area contributed by atoms with E-state index in [2.05, 4.69) is 5.32 Å². The molecule has 1 amide bonds. The zero-order valence-electron chi connectivity index (χ0n) is 11.7. The number of carbonyl (C=O) groups is 1. The average Bonchev–Trinajstić information content (AvgIpc) is 3.36. The molecule has 20 heavy (non-hydrogen) atoms. The number of nitrogens with one attached hydrogen (secondary N) is 1. The van der Waals surface area contributed by atoms with Gasteiger partial charge in [0.25, 0.3) is 5.91 Å². The quantitative estimate of drug-likeness (QED) is 0.798. The van der Waals surface area contributed by atoms with Crippen molar-refractivity contribution in [3.8, 4) is 5.75 Å². The summed E-state index contributed by atoms with van der Waals surface area (Å²) in [6, 6.07) is 7.49. The molecule has 3 N–H and O–H groups in total. The maximum atomic E-state index is 12.1. The van der Waals surface area contributed by atoms with Gasteiger partial charge < -0.3 is 15.8 Å². The predicted octanol–water partition coefficient (Wildman–Crippen LogP) is 1.94. The lowest BCUT2D eigenvalue weighted by Crippen LogP contribution is -2.41.